The van der Waals surface area contributed by atoms with Crippen LogP contribution in [0.4, 0.5) is 0 Å². The van der Waals surface area contributed by atoms with Crippen molar-refractivity contribution in [1.29, 1.82) is 0 Å². The van der Waals surface area contributed by atoms with Gasteiger partial charge in [-0.15, -0.1) is 0 Å². The second-order valence-electron chi connectivity index (χ2n) is 27.0. The molecule has 6 rings (SSSR count). The SMILES string of the molecule is CC[C@H](C)[C@@H]1NC(=O)[C@H](C)N(C)C(=O)C[C@@H](C(=O)N2CCCCC2)N(C)C(=O)[C@H](C2CCCCC2)N(C)C(=O)CCCCNC(=O)[C@@H]2CCCN2C(=O)[C@H](CCOc2ccc(Cl)cc2)NC(=O)CN(C)C(=O)[C@H](CC2CCCCC2)N(C)C(=O)CN(C)C(=O)CN(C)C1=O. The number of likely N-dealkylation sites (N-methyl/N-ethyl adjacent to an activating group) is 7. The van der Waals surface area contributed by atoms with E-state index < -0.39 is 139 Å². The van der Waals surface area contributed by atoms with Crippen LogP contribution in [0.25, 0.3) is 0 Å². The van der Waals surface area contributed by atoms with E-state index in [1.54, 1.807) is 43.1 Å². The third kappa shape index (κ3) is 21.0. The first-order chi connectivity index (χ1) is 44.7. The van der Waals surface area contributed by atoms with Crippen LogP contribution in [0.3, 0.4) is 0 Å². The number of hydrogen-bond donors (Lipinski definition) is 3. The maximum absolute atomic E-state index is 15.2. The Morgan fingerprint density at radius 3 is 1.86 bits per heavy atom. The van der Waals surface area contributed by atoms with Crippen LogP contribution in [0.5, 0.6) is 5.75 Å². The number of carbonyl (C=O) groups excluding carboxylic acids is 12. The van der Waals surface area contributed by atoms with Crippen LogP contribution in [0.1, 0.15) is 162 Å². The summed E-state index contributed by atoms with van der Waals surface area (Å²) >= 11 is 6.12. The van der Waals surface area contributed by atoms with Gasteiger partial charge < -0.3 is 64.8 Å². The molecule has 2 aliphatic carbocycles. The number of hydrogen-bond acceptors (Lipinski definition) is 13. The lowest BCUT2D eigenvalue weighted by atomic mass is 9.82. The van der Waals surface area contributed by atoms with Crippen molar-refractivity contribution in [3.05, 3.63) is 29.3 Å². The number of carbonyl (C=O) groups is 12. The standard InChI is InChI=1S/C68H107ClN12O13/c1-11-45(2)60-67(92)75(6)43-58(85)73(4)44-59(86)77(8)53(40-47-24-15-12-16-25-47)65(90)74(5)42-55(82)71-51(34-39-94-50-32-30-49(69)31-33-50)64(89)81-38-23-28-52(81)63(88)70-35-20-19-29-56(83)79(10)61(48-26-17-13-18-27-48)68(93)78(9)54(66(91)80-36-21-14-22-37-80)41-57(84)76(7)46(3)62(87)72-60/h30-33,45-48,51-54,60-61H,11-29,34-44H2,1-10H3,(H,70,88)(H,71,82)(H,72,87)/t45-,46-,51-,52-,53-,54-,60-,61-/m0/s1. The van der Waals surface area contributed by atoms with Gasteiger partial charge in [-0.1, -0.05) is 83.2 Å². The lowest BCUT2D eigenvalue weighted by Crippen LogP contribution is -2.59. The van der Waals surface area contributed by atoms with E-state index in [4.69, 9.17) is 16.3 Å². The highest BCUT2D eigenvalue weighted by molar-refractivity contribution is 6.30. The summed E-state index contributed by atoms with van der Waals surface area (Å²) in [6, 6.07) is -1.04. The molecule has 524 valence electrons. The molecule has 3 N–H and O–H groups in total. The van der Waals surface area contributed by atoms with E-state index in [1.165, 1.54) is 78.6 Å². The summed E-state index contributed by atoms with van der Waals surface area (Å²) in [7, 11) is 10.3. The number of ether oxygens (including phenoxy) is 1. The molecule has 0 spiro atoms. The van der Waals surface area contributed by atoms with Gasteiger partial charge >= 0.3 is 0 Å². The summed E-state index contributed by atoms with van der Waals surface area (Å²) in [5.41, 5.74) is 0. The highest BCUT2D eigenvalue weighted by atomic mass is 35.5. The molecule has 0 unspecified atom stereocenters. The maximum Gasteiger partial charge on any atom is 0.246 e. The second kappa shape index (κ2) is 36.7. The Kier molecular flexibility index (Phi) is 29.7. The molecule has 0 bridgehead atoms. The first-order valence-electron chi connectivity index (χ1n) is 34.4. The third-order valence-corrected chi connectivity index (χ3v) is 20.5. The summed E-state index contributed by atoms with van der Waals surface area (Å²) in [5.74, 6) is -6.55. The fourth-order valence-electron chi connectivity index (χ4n) is 13.7. The number of rotatable bonds is 10. The van der Waals surface area contributed by atoms with E-state index >= 15 is 4.79 Å². The van der Waals surface area contributed by atoms with Gasteiger partial charge in [-0.05, 0) is 113 Å². The fraction of sp³-hybridized carbons (Fsp3) is 0.735. The molecule has 8 atom stereocenters. The Labute approximate surface area is 561 Å². The molecule has 3 heterocycles. The Morgan fingerprint density at radius 2 is 1.21 bits per heavy atom. The largest absolute Gasteiger partial charge is 0.494 e. The summed E-state index contributed by atoms with van der Waals surface area (Å²) < 4.78 is 5.98. The predicted octanol–water partition coefficient (Wildman–Crippen LogP) is 4.07. The summed E-state index contributed by atoms with van der Waals surface area (Å²) in [6.07, 6.45) is 12.8. The Morgan fingerprint density at radius 1 is 0.596 bits per heavy atom. The molecule has 12 amide bonds. The Bertz CT molecular complexity index is 2790. The summed E-state index contributed by atoms with van der Waals surface area (Å²) in [5, 5.41) is 9.11. The molecule has 1 aromatic rings. The van der Waals surface area contributed by atoms with Crippen LogP contribution in [-0.2, 0) is 57.5 Å². The van der Waals surface area contributed by atoms with E-state index in [0.717, 1.165) is 80.4 Å². The number of nitrogens with zero attached hydrogens (tertiary/aromatic N) is 9. The topological polar surface area (TPSA) is 279 Å². The normalized spacial score (nSPS) is 26.7. The lowest BCUT2D eigenvalue weighted by molar-refractivity contribution is -0.155. The molecule has 26 heteroatoms. The van der Waals surface area contributed by atoms with E-state index in [1.807, 2.05) is 6.92 Å². The highest BCUT2D eigenvalue weighted by Gasteiger charge is 2.44. The smallest absolute Gasteiger partial charge is 0.246 e. The monoisotopic (exact) mass is 1330 g/mol. The van der Waals surface area contributed by atoms with Gasteiger partial charge in [0.1, 0.15) is 48.0 Å². The number of fused-ring (bicyclic) bond motifs is 1. The number of halogens is 1. The van der Waals surface area contributed by atoms with Gasteiger partial charge in [0.25, 0.3) is 0 Å². The van der Waals surface area contributed by atoms with Crippen molar-refractivity contribution in [3.63, 3.8) is 0 Å². The van der Waals surface area contributed by atoms with Crippen molar-refractivity contribution >= 4 is 82.5 Å². The van der Waals surface area contributed by atoms with Crippen molar-refractivity contribution < 1.29 is 62.3 Å². The van der Waals surface area contributed by atoms with Gasteiger partial charge in [0.05, 0.1) is 32.7 Å². The third-order valence-electron chi connectivity index (χ3n) is 20.2. The summed E-state index contributed by atoms with van der Waals surface area (Å²) in [4.78, 5) is 185. The Hall–Kier alpha value is -7.05. The summed E-state index contributed by atoms with van der Waals surface area (Å²) in [6.45, 7) is 4.90. The van der Waals surface area contributed by atoms with Gasteiger partial charge in [-0.3, -0.25) is 57.5 Å². The zero-order valence-corrected chi connectivity index (χ0v) is 58.3. The maximum atomic E-state index is 15.2. The van der Waals surface area contributed by atoms with E-state index in [-0.39, 0.29) is 50.3 Å². The molecule has 94 heavy (non-hydrogen) atoms. The predicted molar refractivity (Wildman–Crippen MR) is 354 cm³/mol. The van der Waals surface area contributed by atoms with Crippen molar-refractivity contribution in [1.82, 2.24) is 60.0 Å². The minimum Gasteiger partial charge on any atom is -0.494 e. The number of piperidine rings is 1. The van der Waals surface area contributed by atoms with Crippen molar-refractivity contribution in [2.75, 3.05) is 102 Å². The molecule has 1 aromatic carbocycles. The molecular weight excluding hydrogens is 1230 g/mol. The van der Waals surface area contributed by atoms with Crippen LogP contribution < -0.4 is 20.7 Å². The van der Waals surface area contributed by atoms with Gasteiger partial charge in [0.2, 0.25) is 70.9 Å². The van der Waals surface area contributed by atoms with Gasteiger partial charge in [-0.2, -0.15) is 0 Å². The van der Waals surface area contributed by atoms with Crippen molar-refractivity contribution in [2.24, 2.45) is 17.8 Å². The van der Waals surface area contributed by atoms with Crippen LogP contribution >= 0.6 is 11.6 Å². The van der Waals surface area contributed by atoms with Crippen LogP contribution in [-0.4, -0.2) is 259 Å². The molecule has 2 saturated carbocycles. The average molecular weight is 1340 g/mol. The number of likely N-dealkylation sites (tertiary alicyclic amines) is 1. The molecule has 0 aromatic heterocycles. The van der Waals surface area contributed by atoms with Gasteiger partial charge in [0.15, 0.2) is 0 Å². The first-order valence-corrected chi connectivity index (χ1v) is 34.7. The fourth-order valence-corrected chi connectivity index (χ4v) is 13.8. The van der Waals surface area contributed by atoms with Crippen molar-refractivity contribution in [3.8, 4) is 5.75 Å². The van der Waals surface area contributed by atoms with E-state index in [0.29, 0.717) is 75.2 Å². The molecular formula is C68H107ClN12O13. The van der Waals surface area contributed by atoms with Crippen LogP contribution in [0.2, 0.25) is 5.02 Å². The van der Waals surface area contributed by atoms with Gasteiger partial charge in [-0.25, -0.2) is 0 Å². The molecule has 3 saturated heterocycles. The number of nitrogens with one attached hydrogen (secondary N) is 3. The Balaban J connectivity index is 1.29. The zero-order chi connectivity index (χ0) is 68.9. The quantitative estimate of drug-likeness (QED) is 0.298. The molecule has 5 aliphatic rings. The zero-order valence-electron chi connectivity index (χ0n) is 57.5. The van der Waals surface area contributed by atoms with Gasteiger partial charge in [0, 0.05) is 93.4 Å². The van der Waals surface area contributed by atoms with E-state index in [2.05, 4.69) is 16.0 Å². The molecule has 25 nitrogen and oxygen atoms in total. The van der Waals surface area contributed by atoms with E-state index in [9.17, 15) is 52.7 Å². The second-order valence-corrected chi connectivity index (χ2v) is 27.4. The van der Waals surface area contributed by atoms with Crippen LogP contribution in [0.15, 0.2) is 24.3 Å². The molecule has 5 fully saturated rings. The minimum absolute atomic E-state index is 0.0116. The average Bonchev–Trinajstić information content (AvgIpc) is 0.920. The minimum atomic E-state index is -1.29. The first kappa shape index (κ1) is 76.0. The van der Waals surface area contributed by atoms with Crippen LogP contribution in [0, 0.1) is 17.8 Å². The number of amides is 12. The lowest BCUT2D eigenvalue weighted by Gasteiger charge is -2.41. The number of benzene rings is 1. The molecule has 0 radical (unpaired) electrons. The van der Waals surface area contributed by atoms with Crippen molar-refractivity contribution in [2.45, 2.75) is 204 Å². The molecule has 3 aliphatic heterocycles. The highest BCUT2D eigenvalue weighted by Crippen LogP contribution is 2.33.